The number of carbonyl (C=O) groups is 1. The Labute approximate surface area is 135 Å². The fraction of sp³-hybridized carbons (Fsp3) is 0.643. The van der Waals surface area contributed by atoms with Crippen LogP contribution in [0.25, 0.3) is 0 Å². The van der Waals surface area contributed by atoms with Gasteiger partial charge < -0.3 is 10.1 Å². The van der Waals surface area contributed by atoms with Crippen molar-refractivity contribution in [3.8, 4) is 0 Å². The lowest BCUT2D eigenvalue weighted by molar-refractivity contribution is -0.128. The molecule has 1 unspecified atom stereocenters. The van der Waals surface area contributed by atoms with Gasteiger partial charge in [-0.05, 0) is 20.2 Å². The SMILES string of the molecule is CNC(=O)C(CN1CCOCC1)(Sc1ccncn1)N(C)C. The first kappa shape index (κ1) is 17.1. The van der Waals surface area contributed by atoms with Gasteiger partial charge in [-0.25, -0.2) is 9.97 Å². The topological polar surface area (TPSA) is 70.6 Å². The van der Waals surface area contributed by atoms with Gasteiger partial charge in [0.2, 0.25) is 0 Å². The Morgan fingerprint density at radius 2 is 2.23 bits per heavy atom. The molecule has 8 heteroatoms. The summed E-state index contributed by atoms with van der Waals surface area (Å²) in [5, 5.41) is 3.57. The second kappa shape index (κ2) is 7.87. The number of ether oxygens (including phenoxy) is 1. The summed E-state index contributed by atoms with van der Waals surface area (Å²) in [4.78, 5) is 24.3. The zero-order valence-electron chi connectivity index (χ0n) is 13.3. The van der Waals surface area contributed by atoms with Crippen molar-refractivity contribution in [2.24, 2.45) is 0 Å². The Morgan fingerprint density at radius 1 is 1.50 bits per heavy atom. The van der Waals surface area contributed by atoms with Crippen LogP contribution in [0.1, 0.15) is 0 Å². The maximum Gasteiger partial charge on any atom is 0.252 e. The van der Waals surface area contributed by atoms with Gasteiger partial charge in [0.15, 0.2) is 4.87 Å². The molecule has 0 radical (unpaired) electrons. The van der Waals surface area contributed by atoms with Crippen LogP contribution in [0.5, 0.6) is 0 Å². The summed E-state index contributed by atoms with van der Waals surface area (Å²) in [5.74, 6) is -0.0346. The molecule has 7 nitrogen and oxygen atoms in total. The second-order valence-electron chi connectivity index (χ2n) is 5.30. The molecule has 1 aromatic rings. The normalized spacial score (nSPS) is 18.9. The van der Waals surface area contributed by atoms with Crippen molar-refractivity contribution in [1.82, 2.24) is 25.1 Å². The van der Waals surface area contributed by atoms with Crippen LogP contribution in [0.15, 0.2) is 23.6 Å². The van der Waals surface area contributed by atoms with Crippen molar-refractivity contribution in [3.63, 3.8) is 0 Å². The molecule has 0 aromatic carbocycles. The fourth-order valence-electron chi connectivity index (χ4n) is 2.36. The molecule has 0 bridgehead atoms. The number of hydrogen-bond acceptors (Lipinski definition) is 7. The minimum Gasteiger partial charge on any atom is -0.379 e. The molecule has 22 heavy (non-hydrogen) atoms. The van der Waals surface area contributed by atoms with E-state index in [1.807, 2.05) is 25.1 Å². The number of nitrogens with zero attached hydrogens (tertiary/aromatic N) is 4. The van der Waals surface area contributed by atoms with Crippen molar-refractivity contribution in [2.75, 3.05) is 54.0 Å². The molecule has 1 atom stereocenters. The van der Waals surface area contributed by atoms with E-state index in [1.165, 1.54) is 18.1 Å². The number of carbonyl (C=O) groups excluding carboxylic acids is 1. The Bertz CT molecular complexity index is 481. The van der Waals surface area contributed by atoms with E-state index in [-0.39, 0.29) is 5.91 Å². The van der Waals surface area contributed by atoms with Gasteiger partial charge in [-0.15, -0.1) is 0 Å². The second-order valence-corrected chi connectivity index (χ2v) is 6.59. The number of aromatic nitrogens is 2. The van der Waals surface area contributed by atoms with Gasteiger partial charge in [-0.2, -0.15) is 0 Å². The van der Waals surface area contributed by atoms with Crippen molar-refractivity contribution < 1.29 is 9.53 Å². The minimum absolute atomic E-state index is 0.0346. The number of likely N-dealkylation sites (N-methyl/N-ethyl adjacent to an activating group) is 2. The summed E-state index contributed by atoms with van der Waals surface area (Å²) in [5.41, 5.74) is 0. The first-order valence-corrected chi connectivity index (χ1v) is 8.05. The van der Waals surface area contributed by atoms with Crippen LogP contribution < -0.4 is 5.32 Å². The molecule has 0 saturated carbocycles. The molecule has 1 N–H and O–H groups in total. The number of hydrogen-bond donors (Lipinski definition) is 1. The van der Waals surface area contributed by atoms with E-state index in [0.717, 1.165) is 18.1 Å². The van der Waals surface area contributed by atoms with Crippen LogP contribution in [-0.2, 0) is 9.53 Å². The zero-order chi connectivity index (χ0) is 16.0. The molecular formula is C14H23N5O2S. The largest absolute Gasteiger partial charge is 0.379 e. The number of thioether (sulfide) groups is 1. The molecule has 2 rings (SSSR count). The Balaban J connectivity index is 2.26. The Hall–Kier alpha value is -1.22. The minimum atomic E-state index is -0.750. The van der Waals surface area contributed by atoms with Crippen molar-refractivity contribution in [2.45, 2.75) is 9.90 Å². The smallest absolute Gasteiger partial charge is 0.252 e. The number of nitrogens with one attached hydrogen (secondary N) is 1. The van der Waals surface area contributed by atoms with E-state index in [0.29, 0.717) is 19.8 Å². The summed E-state index contributed by atoms with van der Waals surface area (Å²) in [6.45, 7) is 3.68. The van der Waals surface area contributed by atoms with Crippen LogP contribution in [0.2, 0.25) is 0 Å². The number of amides is 1. The number of morpholine rings is 1. The van der Waals surface area contributed by atoms with Crippen LogP contribution in [0, 0.1) is 0 Å². The van der Waals surface area contributed by atoms with Crippen molar-refractivity contribution in [3.05, 3.63) is 18.6 Å². The summed E-state index contributed by atoms with van der Waals surface area (Å²) in [6, 6.07) is 1.82. The highest BCUT2D eigenvalue weighted by atomic mass is 32.2. The lowest BCUT2D eigenvalue weighted by Crippen LogP contribution is -2.60. The van der Waals surface area contributed by atoms with Crippen molar-refractivity contribution >= 4 is 17.7 Å². The van der Waals surface area contributed by atoms with E-state index in [9.17, 15) is 4.79 Å². The van der Waals surface area contributed by atoms with Gasteiger partial charge in [0.05, 0.1) is 13.2 Å². The number of rotatable bonds is 6. The average molecular weight is 325 g/mol. The summed E-state index contributed by atoms with van der Waals surface area (Å²) in [7, 11) is 5.51. The van der Waals surface area contributed by atoms with Crippen LogP contribution >= 0.6 is 11.8 Å². The zero-order valence-corrected chi connectivity index (χ0v) is 14.1. The monoisotopic (exact) mass is 325 g/mol. The summed E-state index contributed by atoms with van der Waals surface area (Å²) < 4.78 is 5.40. The third kappa shape index (κ3) is 3.95. The molecule has 0 spiro atoms. The van der Waals surface area contributed by atoms with Crippen LogP contribution in [-0.4, -0.2) is 84.5 Å². The van der Waals surface area contributed by atoms with Gasteiger partial charge in [0, 0.05) is 32.9 Å². The standard InChI is InChI=1S/C14H23N5O2S/c1-15-13(20)14(18(2)3,10-19-6-8-21-9-7-19)22-12-4-5-16-11-17-12/h4-5,11H,6-10H2,1-3H3,(H,15,20). The maximum absolute atomic E-state index is 12.7. The van der Waals surface area contributed by atoms with Gasteiger partial charge >= 0.3 is 0 Å². The average Bonchev–Trinajstić information content (AvgIpc) is 2.55. The Morgan fingerprint density at radius 3 is 2.77 bits per heavy atom. The van der Waals surface area contributed by atoms with Gasteiger partial charge in [-0.3, -0.25) is 14.6 Å². The first-order valence-electron chi connectivity index (χ1n) is 7.23. The molecule has 1 saturated heterocycles. The molecule has 0 aliphatic carbocycles. The summed E-state index contributed by atoms with van der Waals surface area (Å²) in [6.07, 6.45) is 3.19. The van der Waals surface area contributed by atoms with E-state index in [1.54, 1.807) is 13.2 Å². The van der Waals surface area contributed by atoms with E-state index < -0.39 is 4.87 Å². The Kier molecular flexibility index (Phi) is 6.13. The summed E-state index contributed by atoms with van der Waals surface area (Å²) >= 11 is 1.45. The highest BCUT2D eigenvalue weighted by Crippen LogP contribution is 2.34. The highest BCUT2D eigenvalue weighted by Gasteiger charge is 2.43. The molecule has 122 valence electrons. The molecule has 1 fully saturated rings. The third-order valence-electron chi connectivity index (χ3n) is 3.67. The fourth-order valence-corrected chi connectivity index (χ4v) is 3.56. The maximum atomic E-state index is 12.7. The highest BCUT2D eigenvalue weighted by molar-refractivity contribution is 8.01. The molecular weight excluding hydrogens is 302 g/mol. The third-order valence-corrected chi connectivity index (χ3v) is 5.14. The van der Waals surface area contributed by atoms with E-state index in [4.69, 9.17) is 4.74 Å². The molecule has 2 heterocycles. The van der Waals surface area contributed by atoms with Crippen LogP contribution in [0.4, 0.5) is 0 Å². The molecule has 1 aromatic heterocycles. The van der Waals surface area contributed by atoms with Crippen LogP contribution in [0.3, 0.4) is 0 Å². The molecule has 1 aliphatic heterocycles. The van der Waals surface area contributed by atoms with E-state index >= 15 is 0 Å². The molecule has 1 aliphatic rings. The lowest BCUT2D eigenvalue weighted by atomic mass is 10.2. The predicted molar refractivity (Wildman–Crippen MR) is 85.6 cm³/mol. The van der Waals surface area contributed by atoms with Gasteiger partial charge in [0.25, 0.3) is 5.91 Å². The van der Waals surface area contributed by atoms with Gasteiger partial charge in [0.1, 0.15) is 11.4 Å². The van der Waals surface area contributed by atoms with Crippen molar-refractivity contribution in [1.29, 1.82) is 0 Å². The predicted octanol–water partition coefficient (Wildman–Crippen LogP) is -0.0952. The van der Waals surface area contributed by atoms with E-state index in [2.05, 4.69) is 20.2 Å². The lowest BCUT2D eigenvalue weighted by Gasteiger charge is -2.41. The quantitative estimate of drug-likeness (QED) is 0.445. The van der Waals surface area contributed by atoms with Gasteiger partial charge in [-0.1, -0.05) is 11.8 Å². The molecule has 1 amide bonds. The first-order chi connectivity index (χ1) is 10.6.